The molecule has 1 aliphatic carbocycles. The zero-order chi connectivity index (χ0) is 22.3. The third kappa shape index (κ3) is 2.69. The number of aryl methyl sites for hydroxylation is 1. The lowest BCUT2D eigenvalue weighted by Gasteiger charge is -2.30. The van der Waals surface area contributed by atoms with Crippen molar-refractivity contribution in [2.24, 2.45) is 11.8 Å². The number of ketones is 1. The Morgan fingerprint density at radius 2 is 1.74 bits per heavy atom. The van der Waals surface area contributed by atoms with Crippen molar-refractivity contribution in [3.8, 4) is 11.1 Å². The molecule has 3 aliphatic rings. The van der Waals surface area contributed by atoms with Crippen LogP contribution in [0.1, 0.15) is 44.7 Å². The van der Waals surface area contributed by atoms with Crippen molar-refractivity contribution in [3.63, 3.8) is 0 Å². The molecule has 2 fully saturated rings. The molecule has 5 rings (SSSR count). The molecular formula is C25H23ClF2O3. The summed E-state index contributed by atoms with van der Waals surface area (Å²) in [6.45, 7) is 5.85. The summed E-state index contributed by atoms with van der Waals surface area (Å²) in [6.07, 6.45) is 2.18. The highest BCUT2D eigenvalue weighted by Gasteiger charge is 2.69. The minimum absolute atomic E-state index is 0.0514. The van der Waals surface area contributed by atoms with E-state index in [9.17, 15) is 18.7 Å². The van der Waals surface area contributed by atoms with Gasteiger partial charge in [-0.3, -0.25) is 4.79 Å². The van der Waals surface area contributed by atoms with Gasteiger partial charge in [0.25, 0.3) is 0 Å². The van der Waals surface area contributed by atoms with E-state index in [-0.39, 0.29) is 33.6 Å². The fraction of sp³-hybridized carbons (Fsp3) is 0.400. The van der Waals surface area contributed by atoms with Crippen molar-refractivity contribution in [1.29, 1.82) is 0 Å². The number of aliphatic hydroxyl groups excluding tert-OH is 1. The highest BCUT2D eigenvalue weighted by atomic mass is 35.5. The van der Waals surface area contributed by atoms with Crippen LogP contribution in [-0.2, 0) is 16.0 Å². The third-order valence-corrected chi connectivity index (χ3v) is 7.71. The summed E-state index contributed by atoms with van der Waals surface area (Å²) in [6, 6.07) is 7.89. The fourth-order valence-electron chi connectivity index (χ4n) is 5.89. The van der Waals surface area contributed by atoms with Crippen LogP contribution < -0.4 is 0 Å². The number of hydrogen-bond donors (Lipinski definition) is 1. The third-order valence-electron chi connectivity index (χ3n) is 7.42. The number of ether oxygens (including phenoxy) is 1. The summed E-state index contributed by atoms with van der Waals surface area (Å²) in [4.78, 5) is 13.6. The summed E-state index contributed by atoms with van der Waals surface area (Å²) in [5.41, 5.74) is 1.01. The molecule has 2 heterocycles. The molecule has 31 heavy (non-hydrogen) atoms. The Morgan fingerprint density at radius 3 is 2.39 bits per heavy atom. The molecule has 2 aromatic carbocycles. The molecule has 2 bridgehead atoms. The number of aliphatic hydroxyl groups is 1. The highest BCUT2D eigenvalue weighted by molar-refractivity contribution is 6.30. The van der Waals surface area contributed by atoms with Crippen LogP contribution in [0.3, 0.4) is 0 Å². The molecule has 2 aromatic rings. The Morgan fingerprint density at radius 1 is 1.06 bits per heavy atom. The van der Waals surface area contributed by atoms with Crippen molar-refractivity contribution in [1.82, 2.24) is 0 Å². The minimum atomic E-state index is -1.11. The van der Waals surface area contributed by atoms with Gasteiger partial charge in [0, 0.05) is 5.56 Å². The number of halogens is 3. The summed E-state index contributed by atoms with van der Waals surface area (Å²) in [7, 11) is 0. The van der Waals surface area contributed by atoms with Gasteiger partial charge < -0.3 is 9.84 Å². The molecule has 0 spiro atoms. The number of Topliss-reactive ketones (excluding diaryl/α,β-unsaturated/α-hetero) is 1. The molecule has 162 valence electrons. The Kier molecular flexibility index (Phi) is 4.42. The van der Waals surface area contributed by atoms with Crippen molar-refractivity contribution in [3.05, 3.63) is 63.9 Å². The summed E-state index contributed by atoms with van der Waals surface area (Å²) in [5.74, 6) is -3.05. The first-order valence-corrected chi connectivity index (χ1v) is 10.9. The van der Waals surface area contributed by atoms with Gasteiger partial charge in [0.05, 0.1) is 33.6 Å². The van der Waals surface area contributed by atoms with Gasteiger partial charge in [0.2, 0.25) is 0 Å². The molecule has 6 heteroatoms. The summed E-state index contributed by atoms with van der Waals surface area (Å²) < 4.78 is 34.9. The second-order valence-corrected chi connectivity index (χ2v) is 9.66. The van der Waals surface area contributed by atoms with Gasteiger partial charge >= 0.3 is 0 Å². The number of allylic oxidation sites excluding steroid dienone is 1. The molecule has 0 amide bonds. The summed E-state index contributed by atoms with van der Waals surface area (Å²) >= 11 is 5.70. The Balaban J connectivity index is 1.68. The van der Waals surface area contributed by atoms with E-state index in [4.69, 9.17) is 16.3 Å². The van der Waals surface area contributed by atoms with Crippen molar-refractivity contribution >= 4 is 23.0 Å². The van der Waals surface area contributed by atoms with E-state index in [0.717, 1.165) is 18.4 Å². The van der Waals surface area contributed by atoms with E-state index >= 15 is 0 Å². The fourth-order valence-corrected chi connectivity index (χ4v) is 6.04. The number of rotatable bonds is 3. The van der Waals surface area contributed by atoms with Crippen LogP contribution in [-0.4, -0.2) is 22.1 Å². The van der Waals surface area contributed by atoms with Crippen LogP contribution in [0.4, 0.5) is 8.78 Å². The number of benzene rings is 2. The predicted octanol–water partition coefficient (Wildman–Crippen LogP) is 6.27. The van der Waals surface area contributed by atoms with Crippen molar-refractivity contribution in [2.75, 3.05) is 0 Å². The van der Waals surface area contributed by atoms with Crippen LogP contribution in [0.2, 0.25) is 5.02 Å². The van der Waals surface area contributed by atoms with Gasteiger partial charge in [-0.05, 0) is 68.0 Å². The molecule has 0 aromatic heterocycles. The quantitative estimate of drug-likeness (QED) is 0.567. The normalized spacial score (nSPS) is 31.6. The van der Waals surface area contributed by atoms with Crippen LogP contribution in [0.25, 0.3) is 16.7 Å². The molecule has 2 saturated heterocycles. The van der Waals surface area contributed by atoms with Gasteiger partial charge in [-0.2, -0.15) is 0 Å². The molecule has 0 radical (unpaired) electrons. The minimum Gasteiger partial charge on any atom is -0.511 e. The van der Waals surface area contributed by atoms with Crippen LogP contribution >= 0.6 is 11.6 Å². The standard InChI is InChI=1S/C25H23ClF2O3/c1-4-12-5-6-13(14-7-8-16(26)21(28)20(14)27)11-15(12)17-22(29)18-19(23(17)30)25(3)10-9-24(18,2)31-25/h5-8,11,18-19,29H,4,9-10H2,1-3H3/t18-,19+,24?,25?/m1/s1. The maximum absolute atomic E-state index is 14.6. The Hall–Kier alpha value is -2.24. The van der Waals surface area contributed by atoms with Gasteiger partial charge in [0.1, 0.15) is 5.76 Å². The lowest BCUT2D eigenvalue weighted by molar-refractivity contribution is -0.121. The largest absolute Gasteiger partial charge is 0.511 e. The van der Waals surface area contributed by atoms with Gasteiger partial charge in [-0.1, -0.05) is 30.7 Å². The molecule has 4 atom stereocenters. The first-order chi connectivity index (χ1) is 14.6. The van der Waals surface area contributed by atoms with Crippen LogP contribution in [0.5, 0.6) is 0 Å². The van der Waals surface area contributed by atoms with Crippen LogP contribution in [0, 0.1) is 23.5 Å². The number of carbonyl (C=O) groups is 1. The highest BCUT2D eigenvalue weighted by Crippen LogP contribution is 2.63. The first kappa shape index (κ1) is 20.7. The van der Waals surface area contributed by atoms with Crippen molar-refractivity contribution in [2.45, 2.75) is 51.2 Å². The van der Waals surface area contributed by atoms with E-state index in [1.807, 2.05) is 20.8 Å². The van der Waals surface area contributed by atoms with Gasteiger partial charge in [-0.25, -0.2) is 8.78 Å². The van der Waals surface area contributed by atoms with E-state index in [1.165, 1.54) is 12.1 Å². The zero-order valence-electron chi connectivity index (χ0n) is 17.6. The second kappa shape index (κ2) is 6.63. The first-order valence-electron chi connectivity index (χ1n) is 10.6. The van der Waals surface area contributed by atoms with E-state index in [2.05, 4.69) is 0 Å². The van der Waals surface area contributed by atoms with Crippen molar-refractivity contribution < 1.29 is 23.4 Å². The zero-order valence-corrected chi connectivity index (χ0v) is 18.3. The molecule has 3 nitrogen and oxygen atoms in total. The maximum Gasteiger partial charge on any atom is 0.178 e. The lowest BCUT2D eigenvalue weighted by atomic mass is 9.68. The Bertz CT molecular complexity index is 1170. The van der Waals surface area contributed by atoms with E-state index in [0.29, 0.717) is 17.5 Å². The number of hydrogen-bond acceptors (Lipinski definition) is 3. The smallest absolute Gasteiger partial charge is 0.178 e. The maximum atomic E-state index is 14.6. The van der Waals surface area contributed by atoms with E-state index in [1.54, 1.807) is 18.2 Å². The van der Waals surface area contributed by atoms with Gasteiger partial charge in [0.15, 0.2) is 17.4 Å². The average molecular weight is 445 g/mol. The second-order valence-electron chi connectivity index (χ2n) is 9.26. The van der Waals surface area contributed by atoms with E-state index < -0.39 is 28.8 Å². The lowest BCUT2D eigenvalue weighted by Crippen LogP contribution is -2.39. The monoisotopic (exact) mass is 444 g/mol. The SMILES string of the molecule is CCc1ccc(-c2ccc(Cl)c(F)c2F)cc1C1=C(O)[C@H]2[C@@H](C1=O)C1(C)CCC2(C)O1. The van der Waals surface area contributed by atoms with Gasteiger partial charge in [-0.15, -0.1) is 0 Å². The molecular weight excluding hydrogens is 422 g/mol. The molecule has 0 saturated carbocycles. The molecule has 2 unspecified atom stereocenters. The number of carbonyl (C=O) groups excluding carboxylic acids is 1. The van der Waals surface area contributed by atoms with Crippen LogP contribution in [0.15, 0.2) is 36.1 Å². The number of fused-ring (bicyclic) bond motifs is 5. The molecule has 2 aliphatic heterocycles. The summed E-state index contributed by atoms with van der Waals surface area (Å²) in [5, 5.41) is 10.9. The topological polar surface area (TPSA) is 46.5 Å². The predicted molar refractivity (Wildman–Crippen MR) is 115 cm³/mol. The molecule has 1 N–H and O–H groups in total. The average Bonchev–Trinajstić information content (AvgIpc) is 3.29. The Labute approximate surface area is 184 Å².